The lowest BCUT2D eigenvalue weighted by atomic mass is 9.75. The molecule has 0 bridgehead atoms. The molecule has 1 aliphatic heterocycles. The first-order valence-corrected chi connectivity index (χ1v) is 9.32. The minimum Gasteiger partial charge on any atom is -0.354 e. The third-order valence-electron chi connectivity index (χ3n) is 5.46. The van der Waals surface area contributed by atoms with Crippen molar-refractivity contribution in [3.63, 3.8) is 0 Å². The molecule has 2 aliphatic rings. The second kappa shape index (κ2) is 6.94. The van der Waals surface area contributed by atoms with Crippen LogP contribution < -0.4 is 10.6 Å². The van der Waals surface area contributed by atoms with E-state index in [4.69, 9.17) is 0 Å². The van der Waals surface area contributed by atoms with Gasteiger partial charge in [0.25, 0.3) is 5.91 Å². The summed E-state index contributed by atoms with van der Waals surface area (Å²) in [5, 5.41) is 5.99. The van der Waals surface area contributed by atoms with Gasteiger partial charge in [-0.1, -0.05) is 25.1 Å². The van der Waals surface area contributed by atoms with Crippen molar-refractivity contribution in [3.05, 3.63) is 48.0 Å². The number of para-hydroxylation sites is 1. The molecule has 1 fully saturated rings. The maximum atomic E-state index is 12.7. The van der Waals surface area contributed by atoms with Crippen molar-refractivity contribution >= 4 is 17.5 Å². The van der Waals surface area contributed by atoms with E-state index in [1.165, 1.54) is 0 Å². The average Bonchev–Trinajstić information content (AvgIpc) is 3.20. The van der Waals surface area contributed by atoms with Crippen LogP contribution >= 0.6 is 0 Å². The standard InChI is InChI=1S/C20H24N4O2/c1-13-9-14(10-13)19(25)22-11-16-7-8-18-21-12-17(24(16)18)20(26)23-15-5-3-2-4-6-15/h2-6,12-14,16H,7-11H2,1H3,(H,22,25)(H,23,26). The highest BCUT2D eigenvalue weighted by Gasteiger charge is 2.33. The highest BCUT2D eigenvalue weighted by Crippen LogP contribution is 2.33. The van der Waals surface area contributed by atoms with Gasteiger partial charge in [0.15, 0.2) is 0 Å². The molecule has 0 saturated heterocycles. The maximum Gasteiger partial charge on any atom is 0.273 e. The number of carbonyl (C=O) groups is 2. The number of nitrogens with zero attached hydrogens (tertiary/aromatic N) is 2. The van der Waals surface area contributed by atoms with E-state index in [-0.39, 0.29) is 23.8 Å². The Morgan fingerprint density at radius 2 is 2.00 bits per heavy atom. The zero-order valence-corrected chi connectivity index (χ0v) is 14.9. The lowest BCUT2D eigenvalue weighted by Gasteiger charge is -2.31. The summed E-state index contributed by atoms with van der Waals surface area (Å²) >= 11 is 0. The molecule has 1 aromatic heterocycles. The van der Waals surface area contributed by atoms with E-state index < -0.39 is 0 Å². The fourth-order valence-corrected chi connectivity index (χ4v) is 3.97. The summed E-state index contributed by atoms with van der Waals surface area (Å²) in [6, 6.07) is 9.48. The molecule has 1 aliphatic carbocycles. The van der Waals surface area contributed by atoms with Crippen molar-refractivity contribution < 1.29 is 9.59 Å². The number of aromatic nitrogens is 2. The third kappa shape index (κ3) is 3.23. The largest absolute Gasteiger partial charge is 0.354 e. The summed E-state index contributed by atoms with van der Waals surface area (Å²) in [6.07, 6.45) is 5.33. The molecule has 1 aromatic carbocycles. The minimum atomic E-state index is -0.166. The first-order chi connectivity index (χ1) is 12.6. The van der Waals surface area contributed by atoms with Crippen LogP contribution in [0.5, 0.6) is 0 Å². The lowest BCUT2D eigenvalue weighted by molar-refractivity contribution is -0.128. The van der Waals surface area contributed by atoms with Gasteiger partial charge in [-0.25, -0.2) is 4.98 Å². The van der Waals surface area contributed by atoms with Crippen LogP contribution in [-0.4, -0.2) is 27.9 Å². The zero-order valence-electron chi connectivity index (χ0n) is 14.9. The molecule has 136 valence electrons. The van der Waals surface area contributed by atoms with Crippen LogP contribution in [0.3, 0.4) is 0 Å². The van der Waals surface area contributed by atoms with Gasteiger partial charge >= 0.3 is 0 Å². The molecule has 1 saturated carbocycles. The topological polar surface area (TPSA) is 76.0 Å². The Hall–Kier alpha value is -2.63. The summed E-state index contributed by atoms with van der Waals surface area (Å²) in [7, 11) is 0. The Morgan fingerprint density at radius 1 is 1.23 bits per heavy atom. The third-order valence-corrected chi connectivity index (χ3v) is 5.46. The first-order valence-electron chi connectivity index (χ1n) is 9.32. The summed E-state index contributed by atoms with van der Waals surface area (Å²) in [5.74, 6) is 1.72. The van der Waals surface area contributed by atoms with Gasteiger partial charge in [-0.2, -0.15) is 0 Å². The van der Waals surface area contributed by atoms with Crippen molar-refractivity contribution in [2.45, 2.75) is 38.6 Å². The van der Waals surface area contributed by atoms with Crippen LogP contribution in [0, 0.1) is 11.8 Å². The number of fused-ring (bicyclic) bond motifs is 1. The van der Waals surface area contributed by atoms with Gasteiger partial charge in [0.05, 0.1) is 12.2 Å². The Labute approximate surface area is 153 Å². The van der Waals surface area contributed by atoms with E-state index in [1.807, 2.05) is 34.9 Å². The van der Waals surface area contributed by atoms with Crippen LogP contribution in [0.25, 0.3) is 0 Å². The Bertz CT molecular complexity index is 808. The summed E-state index contributed by atoms with van der Waals surface area (Å²) in [5.41, 5.74) is 1.31. The molecular formula is C20H24N4O2. The highest BCUT2D eigenvalue weighted by molar-refractivity contribution is 6.03. The van der Waals surface area contributed by atoms with Crippen molar-refractivity contribution in [2.75, 3.05) is 11.9 Å². The summed E-state index contributed by atoms with van der Waals surface area (Å²) in [6.45, 7) is 2.73. The number of amides is 2. The predicted octanol–water partition coefficient (Wildman–Crippen LogP) is 2.79. The predicted molar refractivity (Wildman–Crippen MR) is 98.9 cm³/mol. The molecule has 6 heteroatoms. The van der Waals surface area contributed by atoms with E-state index in [0.717, 1.165) is 37.2 Å². The number of nitrogens with one attached hydrogen (secondary N) is 2. The molecule has 2 N–H and O–H groups in total. The fourth-order valence-electron chi connectivity index (χ4n) is 3.97. The fraction of sp³-hybridized carbons (Fsp3) is 0.450. The molecule has 2 aromatic rings. The van der Waals surface area contributed by atoms with Crippen LogP contribution in [-0.2, 0) is 11.2 Å². The Balaban J connectivity index is 1.42. The van der Waals surface area contributed by atoms with Gasteiger partial charge in [0, 0.05) is 24.6 Å². The molecule has 26 heavy (non-hydrogen) atoms. The molecule has 1 unspecified atom stereocenters. The van der Waals surface area contributed by atoms with Gasteiger partial charge in [0.1, 0.15) is 11.5 Å². The Morgan fingerprint density at radius 3 is 2.73 bits per heavy atom. The summed E-state index contributed by atoms with van der Waals surface area (Å²) < 4.78 is 1.99. The number of imidazole rings is 1. The lowest BCUT2D eigenvalue weighted by Crippen LogP contribution is -2.40. The van der Waals surface area contributed by atoms with Crippen LogP contribution in [0.1, 0.15) is 48.5 Å². The van der Waals surface area contributed by atoms with Crippen LogP contribution in [0.15, 0.2) is 36.5 Å². The highest BCUT2D eigenvalue weighted by atomic mass is 16.2. The number of benzene rings is 1. The summed E-state index contributed by atoms with van der Waals surface area (Å²) in [4.78, 5) is 29.3. The monoisotopic (exact) mass is 352 g/mol. The van der Waals surface area contributed by atoms with Gasteiger partial charge in [-0.15, -0.1) is 0 Å². The van der Waals surface area contributed by atoms with E-state index in [9.17, 15) is 9.59 Å². The maximum absolute atomic E-state index is 12.7. The van der Waals surface area contributed by atoms with Gasteiger partial charge < -0.3 is 15.2 Å². The first kappa shape index (κ1) is 16.8. The number of aryl methyl sites for hydroxylation is 1. The number of anilines is 1. The smallest absolute Gasteiger partial charge is 0.273 e. The van der Waals surface area contributed by atoms with Gasteiger partial charge in [-0.05, 0) is 37.3 Å². The van der Waals surface area contributed by atoms with Crippen LogP contribution in [0.2, 0.25) is 0 Å². The minimum absolute atomic E-state index is 0.0884. The van der Waals surface area contributed by atoms with Crippen molar-refractivity contribution in [1.29, 1.82) is 0 Å². The number of hydrogen-bond acceptors (Lipinski definition) is 3. The Kier molecular flexibility index (Phi) is 4.49. The molecule has 6 nitrogen and oxygen atoms in total. The van der Waals surface area contributed by atoms with Gasteiger partial charge in [0.2, 0.25) is 5.91 Å². The van der Waals surface area contributed by atoms with E-state index in [2.05, 4.69) is 22.5 Å². The normalized spacial score (nSPS) is 23.8. The molecule has 0 spiro atoms. The van der Waals surface area contributed by atoms with Crippen LogP contribution in [0.4, 0.5) is 5.69 Å². The average molecular weight is 352 g/mol. The zero-order chi connectivity index (χ0) is 18.1. The number of carbonyl (C=O) groups excluding carboxylic acids is 2. The molecular weight excluding hydrogens is 328 g/mol. The SMILES string of the molecule is CC1CC(C(=O)NCC2CCc3ncc(C(=O)Nc4ccccc4)n32)C1. The second-order valence-electron chi connectivity index (χ2n) is 7.46. The van der Waals surface area contributed by atoms with E-state index in [0.29, 0.717) is 18.2 Å². The number of hydrogen-bond donors (Lipinski definition) is 2. The van der Waals surface area contributed by atoms with E-state index >= 15 is 0 Å². The number of rotatable bonds is 5. The van der Waals surface area contributed by atoms with Crippen molar-refractivity contribution in [3.8, 4) is 0 Å². The molecule has 4 rings (SSSR count). The van der Waals surface area contributed by atoms with Gasteiger partial charge in [-0.3, -0.25) is 9.59 Å². The second-order valence-corrected chi connectivity index (χ2v) is 7.46. The molecule has 2 amide bonds. The molecule has 1 atom stereocenters. The molecule has 2 heterocycles. The molecule has 0 radical (unpaired) electrons. The quantitative estimate of drug-likeness (QED) is 0.869. The van der Waals surface area contributed by atoms with Crippen molar-refractivity contribution in [1.82, 2.24) is 14.9 Å². The van der Waals surface area contributed by atoms with Crippen molar-refractivity contribution in [2.24, 2.45) is 11.8 Å². The van der Waals surface area contributed by atoms with E-state index in [1.54, 1.807) is 6.20 Å².